The molecule has 2 rings (SSSR count). The van der Waals surface area contributed by atoms with Crippen LogP contribution in [0.2, 0.25) is 0 Å². The van der Waals surface area contributed by atoms with Crippen molar-refractivity contribution in [2.45, 2.75) is 32.5 Å². The van der Waals surface area contributed by atoms with Gasteiger partial charge in [-0.25, -0.2) is 0 Å². The van der Waals surface area contributed by atoms with Gasteiger partial charge in [-0.1, -0.05) is 6.07 Å². The zero-order valence-corrected chi connectivity index (χ0v) is 13.7. The maximum atomic E-state index is 12.7. The van der Waals surface area contributed by atoms with Crippen molar-refractivity contribution < 1.29 is 14.3 Å². The highest BCUT2D eigenvalue weighted by Gasteiger charge is 2.35. The Bertz CT molecular complexity index is 530. The summed E-state index contributed by atoms with van der Waals surface area (Å²) >= 11 is 5.91. The smallest absolute Gasteiger partial charge is 0.254 e. The molecule has 0 radical (unpaired) electrons. The van der Waals surface area contributed by atoms with E-state index in [0.717, 1.165) is 11.3 Å². The largest absolute Gasteiger partial charge is 0.496 e. The molecular formula is C16H22ClNO3. The lowest BCUT2D eigenvalue weighted by Crippen LogP contribution is -2.55. The number of carbonyl (C=O) groups is 1. The Morgan fingerprint density at radius 3 is 2.86 bits per heavy atom. The second-order valence-corrected chi connectivity index (χ2v) is 6.33. The van der Waals surface area contributed by atoms with E-state index in [1.165, 1.54) is 0 Å². The van der Waals surface area contributed by atoms with Crippen molar-refractivity contribution in [1.82, 2.24) is 4.90 Å². The number of hydrogen-bond donors (Lipinski definition) is 0. The third-order valence-corrected chi connectivity index (χ3v) is 3.94. The van der Waals surface area contributed by atoms with E-state index in [0.29, 0.717) is 24.5 Å². The van der Waals surface area contributed by atoms with Crippen LogP contribution in [0.25, 0.3) is 0 Å². The third-order valence-electron chi connectivity index (χ3n) is 3.60. The average molecular weight is 312 g/mol. The first kappa shape index (κ1) is 16.1. The van der Waals surface area contributed by atoms with E-state index in [9.17, 15) is 4.79 Å². The molecule has 4 nitrogen and oxygen atoms in total. The second-order valence-electron chi connectivity index (χ2n) is 6.02. The number of rotatable bonds is 3. The molecule has 1 aromatic rings. The van der Waals surface area contributed by atoms with E-state index in [1.807, 2.05) is 32.9 Å². The fraction of sp³-hybridized carbons (Fsp3) is 0.562. The molecule has 5 heteroatoms. The highest BCUT2D eigenvalue weighted by Crippen LogP contribution is 2.25. The Labute approximate surface area is 131 Å². The number of nitrogens with zero attached hydrogens (tertiary/aromatic N) is 1. The maximum absolute atomic E-state index is 12.7. The molecule has 0 aromatic heterocycles. The predicted molar refractivity (Wildman–Crippen MR) is 83.3 cm³/mol. The van der Waals surface area contributed by atoms with Crippen LogP contribution in [0.5, 0.6) is 5.75 Å². The van der Waals surface area contributed by atoms with Crippen LogP contribution in [-0.4, -0.2) is 48.6 Å². The number of hydrogen-bond acceptors (Lipinski definition) is 3. The molecule has 0 N–H and O–H groups in total. The van der Waals surface area contributed by atoms with Crippen LogP contribution in [0.1, 0.15) is 29.8 Å². The number of alkyl halides is 1. The van der Waals surface area contributed by atoms with Gasteiger partial charge in [0.2, 0.25) is 0 Å². The molecule has 0 spiro atoms. The Hall–Kier alpha value is -1.26. The molecule has 0 saturated carbocycles. The van der Waals surface area contributed by atoms with E-state index >= 15 is 0 Å². The normalized spacial score (nSPS) is 21.2. The summed E-state index contributed by atoms with van der Waals surface area (Å²) in [7, 11) is 1.61. The van der Waals surface area contributed by atoms with Crippen LogP contribution in [-0.2, 0) is 4.74 Å². The van der Waals surface area contributed by atoms with Gasteiger partial charge >= 0.3 is 0 Å². The summed E-state index contributed by atoms with van der Waals surface area (Å²) < 4.78 is 11.1. The second kappa shape index (κ2) is 6.24. The predicted octanol–water partition coefficient (Wildman–Crippen LogP) is 2.86. The van der Waals surface area contributed by atoms with Gasteiger partial charge in [-0.05, 0) is 38.5 Å². The zero-order valence-electron chi connectivity index (χ0n) is 13.0. The van der Waals surface area contributed by atoms with Crippen molar-refractivity contribution in [3.63, 3.8) is 0 Å². The molecule has 1 atom stereocenters. The molecular weight excluding hydrogens is 290 g/mol. The number of carbonyl (C=O) groups excluding carboxylic acids is 1. The molecule has 0 aliphatic carbocycles. The van der Waals surface area contributed by atoms with Crippen LogP contribution < -0.4 is 4.74 Å². The van der Waals surface area contributed by atoms with E-state index in [2.05, 4.69) is 0 Å². The Balaban J connectivity index is 2.22. The molecule has 0 bridgehead atoms. The lowest BCUT2D eigenvalue weighted by atomic mass is 10.0. The number of morpholine rings is 1. The SMILES string of the molecule is COc1cc(C(=O)N2CC(CCl)OC(C)(C)C2)ccc1C. The summed E-state index contributed by atoms with van der Waals surface area (Å²) in [5, 5.41) is 0. The average Bonchev–Trinajstić information content (AvgIpc) is 2.45. The number of ether oxygens (including phenoxy) is 2. The van der Waals surface area contributed by atoms with Gasteiger partial charge in [0.25, 0.3) is 5.91 Å². The Kier molecular flexibility index (Phi) is 4.79. The number of amides is 1. The summed E-state index contributed by atoms with van der Waals surface area (Å²) in [6.07, 6.45) is -0.133. The summed E-state index contributed by atoms with van der Waals surface area (Å²) in [6.45, 7) is 6.97. The topological polar surface area (TPSA) is 38.8 Å². The van der Waals surface area contributed by atoms with Crippen LogP contribution in [0.15, 0.2) is 18.2 Å². The minimum Gasteiger partial charge on any atom is -0.496 e. The van der Waals surface area contributed by atoms with Crippen LogP contribution >= 0.6 is 11.6 Å². The van der Waals surface area contributed by atoms with Gasteiger partial charge in [0.1, 0.15) is 5.75 Å². The molecule has 21 heavy (non-hydrogen) atoms. The minimum atomic E-state index is -0.387. The summed E-state index contributed by atoms with van der Waals surface area (Å²) in [4.78, 5) is 14.5. The quantitative estimate of drug-likeness (QED) is 0.806. The molecule has 1 fully saturated rings. The number of methoxy groups -OCH3 is 1. The maximum Gasteiger partial charge on any atom is 0.254 e. The minimum absolute atomic E-state index is 0.0141. The number of aryl methyl sites for hydroxylation is 1. The van der Waals surface area contributed by atoms with E-state index in [1.54, 1.807) is 18.1 Å². The zero-order chi connectivity index (χ0) is 15.6. The molecule has 1 amide bonds. The van der Waals surface area contributed by atoms with E-state index in [-0.39, 0.29) is 17.6 Å². The Morgan fingerprint density at radius 2 is 2.24 bits per heavy atom. The first-order valence-corrected chi connectivity index (χ1v) is 7.57. The molecule has 1 unspecified atom stereocenters. The fourth-order valence-electron chi connectivity index (χ4n) is 2.67. The van der Waals surface area contributed by atoms with Gasteiger partial charge < -0.3 is 14.4 Å². The number of benzene rings is 1. The van der Waals surface area contributed by atoms with E-state index in [4.69, 9.17) is 21.1 Å². The highest BCUT2D eigenvalue weighted by atomic mass is 35.5. The van der Waals surface area contributed by atoms with Gasteiger partial charge in [0.15, 0.2) is 0 Å². The summed E-state index contributed by atoms with van der Waals surface area (Å²) in [6, 6.07) is 5.52. The third kappa shape index (κ3) is 3.69. The highest BCUT2D eigenvalue weighted by molar-refractivity contribution is 6.18. The molecule has 1 aliphatic heterocycles. The summed E-state index contributed by atoms with van der Waals surface area (Å²) in [5.74, 6) is 1.09. The number of halogens is 1. The van der Waals surface area contributed by atoms with Crippen molar-refractivity contribution in [2.75, 3.05) is 26.1 Å². The van der Waals surface area contributed by atoms with Crippen molar-refractivity contribution in [1.29, 1.82) is 0 Å². The van der Waals surface area contributed by atoms with Crippen molar-refractivity contribution in [3.05, 3.63) is 29.3 Å². The van der Waals surface area contributed by atoms with Crippen molar-refractivity contribution in [2.24, 2.45) is 0 Å². The first-order valence-electron chi connectivity index (χ1n) is 7.04. The Morgan fingerprint density at radius 1 is 1.52 bits per heavy atom. The van der Waals surface area contributed by atoms with Gasteiger partial charge in [0, 0.05) is 18.7 Å². The van der Waals surface area contributed by atoms with Crippen LogP contribution in [0.3, 0.4) is 0 Å². The lowest BCUT2D eigenvalue weighted by molar-refractivity contribution is -0.117. The fourth-order valence-corrected chi connectivity index (χ4v) is 2.83. The first-order chi connectivity index (χ1) is 9.86. The van der Waals surface area contributed by atoms with Gasteiger partial charge in [-0.15, -0.1) is 11.6 Å². The van der Waals surface area contributed by atoms with Gasteiger partial charge in [-0.3, -0.25) is 4.79 Å². The molecule has 1 aromatic carbocycles. The summed E-state index contributed by atoms with van der Waals surface area (Å²) in [5.41, 5.74) is 1.25. The molecule has 1 heterocycles. The van der Waals surface area contributed by atoms with Gasteiger partial charge in [-0.2, -0.15) is 0 Å². The van der Waals surface area contributed by atoms with Crippen LogP contribution in [0.4, 0.5) is 0 Å². The van der Waals surface area contributed by atoms with Crippen molar-refractivity contribution in [3.8, 4) is 5.75 Å². The standard InChI is InChI=1S/C16H22ClNO3/c1-11-5-6-12(7-14(11)20-4)15(19)18-9-13(8-17)21-16(2,3)10-18/h5-7,13H,8-10H2,1-4H3. The van der Waals surface area contributed by atoms with E-state index < -0.39 is 0 Å². The molecule has 116 valence electrons. The van der Waals surface area contributed by atoms with Crippen LogP contribution in [0, 0.1) is 6.92 Å². The monoisotopic (exact) mass is 311 g/mol. The van der Waals surface area contributed by atoms with Gasteiger partial charge in [0.05, 0.1) is 24.7 Å². The molecule has 1 aliphatic rings. The lowest BCUT2D eigenvalue weighted by Gasteiger charge is -2.42. The molecule has 1 saturated heterocycles. The van der Waals surface area contributed by atoms with Crippen molar-refractivity contribution >= 4 is 17.5 Å².